The van der Waals surface area contributed by atoms with Crippen molar-refractivity contribution in [1.82, 2.24) is 0 Å². The summed E-state index contributed by atoms with van der Waals surface area (Å²) in [6, 6.07) is 12.6. The molecule has 0 aliphatic heterocycles. The first-order chi connectivity index (χ1) is 12.5. The van der Waals surface area contributed by atoms with Crippen molar-refractivity contribution < 1.29 is 19.5 Å². The number of carbonyl (C=O) groups is 3. The van der Waals surface area contributed by atoms with Crippen LogP contribution in [0.2, 0.25) is 0 Å². The Bertz CT molecular complexity index is 857. The van der Waals surface area contributed by atoms with Gasteiger partial charge in [-0.2, -0.15) is 0 Å². The van der Waals surface area contributed by atoms with Crippen LogP contribution in [-0.2, 0) is 28.9 Å². The summed E-state index contributed by atoms with van der Waals surface area (Å²) in [6.07, 6.45) is 3.25. The van der Waals surface area contributed by atoms with E-state index in [0.717, 1.165) is 19.3 Å². The minimum atomic E-state index is -0.960. The second kappa shape index (κ2) is 7.95. The number of carboxylic acid groups (broad SMARTS) is 1. The van der Waals surface area contributed by atoms with Crippen LogP contribution in [0.15, 0.2) is 42.5 Å². The van der Waals surface area contributed by atoms with E-state index in [0.29, 0.717) is 16.8 Å². The quantitative estimate of drug-likeness (QED) is 0.749. The number of Topliss-reactive ketones (excluding diaryl/α,β-unsaturated/α-hetero) is 1. The number of carbonyl (C=O) groups excluding carboxylic acids is 2. The van der Waals surface area contributed by atoms with E-state index in [1.807, 2.05) is 18.2 Å². The number of aliphatic carboxylic acids is 1. The minimum Gasteiger partial charge on any atom is -0.481 e. The summed E-state index contributed by atoms with van der Waals surface area (Å²) in [7, 11) is 0. The molecule has 1 amide bonds. The lowest BCUT2D eigenvalue weighted by atomic mass is 10.0. The third-order valence-corrected chi connectivity index (χ3v) is 4.63. The number of rotatable bonds is 7. The summed E-state index contributed by atoms with van der Waals surface area (Å²) < 4.78 is 0. The van der Waals surface area contributed by atoms with Gasteiger partial charge in [0.1, 0.15) is 0 Å². The first-order valence-electron chi connectivity index (χ1n) is 8.77. The number of fused-ring (bicyclic) bond motifs is 1. The van der Waals surface area contributed by atoms with Crippen molar-refractivity contribution in [1.29, 1.82) is 0 Å². The Balaban J connectivity index is 1.57. The maximum Gasteiger partial charge on any atom is 0.307 e. The van der Waals surface area contributed by atoms with Crippen molar-refractivity contribution in [2.45, 2.75) is 38.5 Å². The molecule has 0 saturated carbocycles. The topological polar surface area (TPSA) is 83.5 Å². The number of hydrogen-bond donors (Lipinski definition) is 2. The lowest BCUT2D eigenvalue weighted by molar-refractivity contribution is -0.136. The molecule has 0 unspecified atom stereocenters. The van der Waals surface area contributed by atoms with Gasteiger partial charge in [-0.15, -0.1) is 0 Å². The lowest BCUT2D eigenvalue weighted by Crippen LogP contribution is -2.15. The van der Waals surface area contributed by atoms with E-state index in [-0.39, 0.29) is 31.0 Å². The van der Waals surface area contributed by atoms with E-state index in [2.05, 4.69) is 5.32 Å². The van der Waals surface area contributed by atoms with Crippen LogP contribution >= 0.6 is 0 Å². The molecule has 5 heteroatoms. The molecule has 1 aliphatic carbocycles. The maximum absolute atomic E-state index is 12.4. The number of carboxylic acids is 1. The van der Waals surface area contributed by atoms with Crippen molar-refractivity contribution in [2.24, 2.45) is 0 Å². The first kappa shape index (κ1) is 17.9. The van der Waals surface area contributed by atoms with Gasteiger partial charge < -0.3 is 10.4 Å². The normalized spacial score (nSPS) is 12.5. The monoisotopic (exact) mass is 351 g/mol. The molecule has 5 nitrogen and oxygen atoms in total. The third-order valence-electron chi connectivity index (χ3n) is 4.63. The van der Waals surface area contributed by atoms with Crippen molar-refractivity contribution in [3.8, 4) is 0 Å². The Kier molecular flexibility index (Phi) is 5.46. The fourth-order valence-electron chi connectivity index (χ4n) is 3.29. The highest BCUT2D eigenvalue weighted by Gasteiger charge is 2.15. The lowest BCUT2D eigenvalue weighted by Gasteiger charge is -2.10. The van der Waals surface area contributed by atoms with Crippen LogP contribution in [0.1, 0.15) is 46.3 Å². The molecule has 2 aromatic rings. The standard InChI is InChI=1S/C21H21NO4/c23-19(17-9-8-14-5-3-6-15(14)12-17)10-11-20(24)22-18-7-2-1-4-16(18)13-21(25)26/h1-2,4,7-9,12H,3,5-6,10-11,13H2,(H,22,24)(H,25,26). The molecule has 0 bridgehead atoms. The van der Waals surface area contributed by atoms with Gasteiger partial charge in [0.15, 0.2) is 5.78 Å². The molecule has 0 atom stereocenters. The molecule has 3 rings (SSSR count). The predicted molar refractivity (Wildman–Crippen MR) is 98.4 cm³/mol. The molecule has 0 aromatic heterocycles. The molecule has 0 radical (unpaired) electrons. The van der Waals surface area contributed by atoms with E-state index in [1.165, 1.54) is 11.1 Å². The van der Waals surface area contributed by atoms with Crippen LogP contribution in [0.25, 0.3) is 0 Å². The number of amides is 1. The molecule has 2 aromatic carbocycles. The Labute approximate surface area is 152 Å². The van der Waals surface area contributed by atoms with Crippen LogP contribution in [-0.4, -0.2) is 22.8 Å². The van der Waals surface area contributed by atoms with Gasteiger partial charge in [-0.1, -0.05) is 30.3 Å². The number of aryl methyl sites for hydroxylation is 2. The van der Waals surface area contributed by atoms with Gasteiger partial charge in [-0.3, -0.25) is 14.4 Å². The van der Waals surface area contributed by atoms with Gasteiger partial charge in [0.2, 0.25) is 5.91 Å². The third kappa shape index (κ3) is 4.36. The number of hydrogen-bond acceptors (Lipinski definition) is 3. The van der Waals surface area contributed by atoms with Crippen LogP contribution in [0.3, 0.4) is 0 Å². The molecular weight excluding hydrogens is 330 g/mol. The van der Waals surface area contributed by atoms with Gasteiger partial charge >= 0.3 is 5.97 Å². The highest BCUT2D eigenvalue weighted by atomic mass is 16.4. The molecular formula is C21H21NO4. The van der Waals surface area contributed by atoms with Crippen LogP contribution in [0, 0.1) is 0 Å². The van der Waals surface area contributed by atoms with E-state index in [9.17, 15) is 14.4 Å². The van der Waals surface area contributed by atoms with Gasteiger partial charge in [-0.05, 0) is 48.1 Å². The maximum atomic E-state index is 12.4. The van der Waals surface area contributed by atoms with Crippen molar-refractivity contribution >= 4 is 23.3 Å². The minimum absolute atomic E-state index is 0.0475. The Morgan fingerprint density at radius 3 is 2.54 bits per heavy atom. The summed E-state index contributed by atoms with van der Waals surface area (Å²) in [5, 5.41) is 11.6. The number of para-hydroxylation sites is 1. The molecule has 2 N–H and O–H groups in total. The summed E-state index contributed by atoms with van der Waals surface area (Å²) in [5.74, 6) is -1.30. The molecule has 26 heavy (non-hydrogen) atoms. The molecule has 0 heterocycles. The van der Waals surface area contributed by atoms with E-state index in [1.54, 1.807) is 24.3 Å². The van der Waals surface area contributed by atoms with Gasteiger partial charge in [-0.25, -0.2) is 0 Å². The molecule has 1 aliphatic rings. The second-order valence-electron chi connectivity index (χ2n) is 6.54. The largest absolute Gasteiger partial charge is 0.481 e. The summed E-state index contributed by atoms with van der Waals surface area (Å²) in [5.41, 5.74) is 4.23. The van der Waals surface area contributed by atoms with Crippen molar-refractivity contribution in [3.63, 3.8) is 0 Å². The van der Waals surface area contributed by atoms with Gasteiger partial charge in [0.25, 0.3) is 0 Å². The summed E-state index contributed by atoms with van der Waals surface area (Å²) in [6.45, 7) is 0. The summed E-state index contributed by atoms with van der Waals surface area (Å²) in [4.78, 5) is 35.4. The number of benzene rings is 2. The van der Waals surface area contributed by atoms with Gasteiger partial charge in [0, 0.05) is 24.1 Å². The Morgan fingerprint density at radius 2 is 1.73 bits per heavy atom. The zero-order chi connectivity index (χ0) is 18.5. The number of anilines is 1. The van der Waals surface area contributed by atoms with Crippen LogP contribution < -0.4 is 5.32 Å². The summed E-state index contributed by atoms with van der Waals surface area (Å²) >= 11 is 0. The number of ketones is 1. The second-order valence-corrected chi connectivity index (χ2v) is 6.54. The van der Waals surface area contributed by atoms with Crippen molar-refractivity contribution in [3.05, 3.63) is 64.7 Å². The van der Waals surface area contributed by atoms with E-state index < -0.39 is 5.97 Å². The Morgan fingerprint density at radius 1 is 0.962 bits per heavy atom. The fourth-order valence-corrected chi connectivity index (χ4v) is 3.29. The van der Waals surface area contributed by atoms with Crippen LogP contribution in [0.5, 0.6) is 0 Å². The van der Waals surface area contributed by atoms with Crippen LogP contribution in [0.4, 0.5) is 5.69 Å². The predicted octanol–water partition coefficient (Wildman–Crippen LogP) is 3.40. The SMILES string of the molecule is O=C(O)Cc1ccccc1NC(=O)CCC(=O)c1ccc2c(c1)CCC2. The molecule has 0 saturated heterocycles. The molecule has 0 fully saturated rings. The average Bonchev–Trinajstić information content (AvgIpc) is 3.08. The first-order valence-corrected chi connectivity index (χ1v) is 8.77. The molecule has 134 valence electrons. The highest BCUT2D eigenvalue weighted by Crippen LogP contribution is 2.23. The van der Waals surface area contributed by atoms with Gasteiger partial charge in [0.05, 0.1) is 6.42 Å². The fraction of sp³-hybridized carbons (Fsp3) is 0.286. The highest BCUT2D eigenvalue weighted by molar-refractivity contribution is 6.00. The average molecular weight is 351 g/mol. The smallest absolute Gasteiger partial charge is 0.307 e. The van der Waals surface area contributed by atoms with E-state index in [4.69, 9.17) is 5.11 Å². The zero-order valence-electron chi connectivity index (χ0n) is 14.5. The molecule has 0 spiro atoms. The van der Waals surface area contributed by atoms with Crippen molar-refractivity contribution in [2.75, 3.05) is 5.32 Å². The van der Waals surface area contributed by atoms with E-state index >= 15 is 0 Å². The Hall–Kier alpha value is -2.95. The zero-order valence-corrected chi connectivity index (χ0v) is 14.5. The number of nitrogens with one attached hydrogen (secondary N) is 1.